The van der Waals surface area contributed by atoms with Crippen molar-refractivity contribution in [2.45, 2.75) is 31.7 Å². The first kappa shape index (κ1) is 16.6. The Labute approximate surface area is 148 Å². The lowest BCUT2D eigenvalue weighted by molar-refractivity contribution is 0.581. The third-order valence-electron chi connectivity index (χ3n) is 4.70. The molecule has 0 bridgehead atoms. The largest absolute Gasteiger partial charge is 0.313 e. The van der Waals surface area contributed by atoms with Crippen LogP contribution in [0.4, 0.5) is 0 Å². The first-order valence-corrected chi connectivity index (χ1v) is 8.81. The van der Waals surface area contributed by atoms with E-state index in [1.807, 2.05) is 19.2 Å². The van der Waals surface area contributed by atoms with Crippen LogP contribution in [-0.4, -0.2) is 13.1 Å². The number of hydrogen-bond donors (Lipinski definition) is 1. The summed E-state index contributed by atoms with van der Waals surface area (Å²) in [6, 6.07) is 15.0. The number of nitrogens with one attached hydrogen (secondary N) is 1. The van der Waals surface area contributed by atoms with Crippen molar-refractivity contribution < 1.29 is 0 Å². The topological polar surface area (TPSA) is 12.0 Å². The molecule has 0 spiro atoms. The minimum atomic E-state index is 0.323. The maximum Gasteiger partial charge on any atom is 0.0595 e. The van der Waals surface area contributed by atoms with Crippen molar-refractivity contribution in [3.8, 4) is 0 Å². The summed E-state index contributed by atoms with van der Waals surface area (Å²) in [5.74, 6) is 0.323. The molecule has 0 amide bonds. The van der Waals surface area contributed by atoms with Gasteiger partial charge in [-0.15, -0.1) is 0 Å². The van der Waals surface area contributed by atoms with Gasteiger partial charge in [0, 0.05) is 12.0 Å². The van der Waals surface area contributed by atoms with Gasteiger partial charge in [-0.05, 0) is 48.7 Å². The van der Waals surface area contributed by atoms with Crippen LogP contribution >= 0.6 is 23.2 Å². The molecule has 0 heterocycles. The van der Waals surface area contributed by atoms with E-state index < -0.39 is 0 Å². The summed E-state index contributed by atoms with van der Waals surface area (Å²) in [5.41, 5.74) is 5.34. The Kier molecular flexibility index (Phi) is 5.11. The van der Waals surface area contributed by atoms with Crippen molar-refractivity contribution in [1.29, 1.82) is 0 Å². The Morgan fingerprint density at radius 3 is 2.61 bits per heavy atom. The van der Waals surface area contributed by atoms with E-state index in [1.54, 1.807) is 0 Å². The molecule has 1 aliphatic rings. The maximum absolute atomic E-state index is 6.25. The van der Waals surface area contributed by atoms with Gasteiger partial charge in [0.05, 0.1) is 10.0 Å². The molecular formula is C20H21Cl2N. The predicted octanol–water partition coefficient (Wildman–Crippen LogP) is 5.91. The van der Waals surface area contributed by atoms with Gasteiger partial charge in [-0.1, -0.05) is 72.1 Å². The van der Waals surface area contributed by atoms with E-state index in [0.717, 1.165) is 12.8 Å². The summed E-state index contributed by atoms with van der Waals surface area (Å²) in [6.45, 7) is 2.22. The highest BCUT2D eigenvalue weighted by molar-refractivity contribution is 6.42. The van der Waals surface area contributed by atoms with E-state index in [0.29, 0.717) is 22.0 Å². The molecular weight excluding hydrogens is 325 g/mol. The van der Waals surface area contributed by atoms with Crippen molar-refractivity contribution in [3.63, 3.8) is 0 Å². The third kappa shape index (κ3) is 3.33. The summed E-state index contributed by atoms with van der Waals surface area (Å²) in [6.07, 6.45) is 4.43. The van der Waals surface area contributed by atoms with Crippen LogP contribution in [0.15, 0.2) is 48.0 Å². The van der Waals surface area contributed by atoms with Crippen molar-refractivity contribution in [2.24, 2.45) is 0 Å². The molecule has 0 aliphatic heterocycles. The zero-order chi connectivity index (χ0) is 16.4. The van der Waals surface area contributed by atoms with Gasteiger partial charge in [-0.2, -0.15) is 0 Å². The SMILES string of the molecule is CCC(NC)C1=Cc2ccccc2[C@H](c2ccc(Cl)c(Cl)c2)C1. The number of halogens is 2. The van der Waals surface area contributed by atoms with Crippen LogP contribution in [0.5, 0.6) is 0 Å². The molecule has 0 fully saturated rings. The Bertz CT molecular complexity index is 732. The molecule has 0 saturated carbocycles. The summed E-state index contributed by atoms with van der Waals surface area (Å²) in [7, 11) is 2.03. The molecule has 3 rings (SSSR count). The van der Waals surface area contributed by atoms with Gasteiger partial charge in [0.2, 0.25) is 0 Å². The number of fused-ring (bicyclic) bond motifs is 1. The lowest BCUT2D eigenvalue weighted by atomic mass is 9.77. The van der Waals surface area contributed by atoms with Crippen molar-refractivity contribution in [3.05, 3.63) is 74.8 Å². The minimum absolute atomic E-state index is 0.323. The van der Waals surface area contributed by atoms with E-state index in [4.69, 9.17) is 23.2 Å². The fourth-order valence-corrected chi connectivity index (χ4v) is 3.79. The van der Waals surface area contributed by atoms with Gasteiger partial charge in [-0.3, -0.25) is 0 Å². The van der Waals surface area contributed by atoms with Crippen LogP contribution in [-0.2, 0) is 0 Å². The quantitative estimate of drug-likeness (QED) is 0.726. The summed E-state index contributed by atoms with van der Waals surface area (Å²) >= 11 is 12.3. The second-order valence-electron chi connectivity index (χ2n) is 6.03. The Morgan fingerprint density at radius 2 is 1.91 bits per heavy atom. The average Bonchev–Trinajstić information content (AvgIpc) is 2.58. The standard InChI is InChI=1S/C20H21Cl2N/c1-3-20(23-2)15-10-13-6-4-5-7-16(13)17(11-15)14-8-9-18(21)19(22)12-14/h4-10,12,17,20,23H,3,11H2,1-2H3/t17-,20?/m0/s1. The smallest absolute Gasteiger partial charge is 0.0595 e. The fraction of sp³-hybridized carbons (Fsp3) is 0.300. The van der Waals surface area contributed by atoms with E-state index in [-0.39, 0.29) is 0 Å². The zero-order valence-corrected chi connectivity index (χ0v) is 15.0. The molecule has 120 valence electrons. The molecule has 0 radical (unpaired) electrons. The molecule has 2 aromatic rings. The summed E-state index contributed by atoms with van der Waals surface area (Å²) in [4.78, 5) is 0. The molecule has 1 N–H and O–H groups in total. The Balaban J connectivity index is 2.07. The fourth-order valence-electron chi connectivity index (χ4n) is 3.49. The molecule has 2 aromatic carbocycles. The van der Waals surface area contributed by atoms with Gasteiger partial charge in [0.25, 0.3) is 0 Å². The second-order valence-corrected chi connectivity index (χ2v) is 6.84. The maximum atomic E-state index is 6.25. The third-order valence-corrected chi connectivity index (χ3v) is 5.44. The van der Waals surface area contributed by atoms with Crippen LogP contribution in [0.2, 0.25) is 10.0 Å². The van der Waals surface area contributed by atoms with Gasteiger partial charge in [0.15, 0.2) is 0 Å². The minimum Gasteiger partial charge on any atom is -0.313 e. The molecule has 23 heavy (non-hydrogen) atoms. The van der Waals surface area contributed by atoms with Crippen LogP contribution in [0, 0.1) is 0 Å². The number of hydrogen-bond acceptors (Lipinski definition) is 1. The highest BCUT2D eigenvalue weighted by atomic mass is 35.5. The van der Waals surface area contributed by atoms with Crippen molar-refractivity contribution in [2.75, 3.05) is 7.05 Å². The summed E-state index contributed by atoms with van der Waals surface area (Å²) in [5, 5.41) is 4.66. The first-order chi connectivity index (χ1) is 11.1. The van der Waals surface area contributed by atoms with Crippen molar-refractivity contribution >= 4 is 29.3 Å². The monoisotopic (exact) mass is 345 g/mol. The molecule has 0 saturated heterocycles. The van der Waals surface area contributed by atoms with Gasteiger partial charge < -0.3 is 5.32 Å². The zero-order valence-electron chi connectivity index (χ0n) is 13.4. The van der Waals surface area contributed by atoms with Gasteiger partial charge in [-0.25, -0.2) is 0 Å². The highest BCUT2D eigenvalue weighted by Gasteiger charge is 2.25. The predicted molar refractivity (Wildman–Crippen MR) is 100 cm³/mol. The lowest BCUT2D eigenvalue weighted by Crippen LogP contribution is -2.28. The normalized spacial score (nSPS) is 18.3. The molecule has 3 heteroatoms. The first-order valence-electron chi connectivity index (χ1n) is 8.05. The van der Waals surface area contributed by atoms with E-state index in [1.165, 1.54) is 22.3 Å². The second kappa shape index (κ2) is 7.09. The molecule has 1 aliphatic carbocycles. The van der Waals surface area contributed by atoms with Crippen LogP contribution in [0.1, 0.15) is 42.4 Å². The molecule has 2 atom stereocenters. The number of benzene rings is 2. The van der Waals surface area contributed by atoms with Gasteiger partial charge >= 0.3 is 0 Å². The molecule has 0 aromatic heterocycles. The van der Waals surface area contributed by atoms with E-state index in [9.17, 15) is 0 Å². The average molecular weight is 346 g/mol. The lowest BCUT2D eigenvalue weighted by Gasteiger charge is -2.30. The van der Waals surface area contributed by atoms with E-state index >= 15 is 0 Å². The van der Waals surface area contributed by atoms with Gasteiger partial charge in [0.1, 0.15) is 0 Å². The Hall–Kier alpha value is -1.28. The van der Waals surface area contributed by atoms with Crippen LogP contribution < -0.4 is 5.32 Å². The summed E-state index contributed by atoms with van der Waals surface area (Å²) < 4.78 is 0. The number of rotatable bonds is 4. The number of likely N-dealkylation sites (N-methyl/N-ethyl adjacent to an activating group) is 1. The van der Waals surface area contributed by atoms with Crippen LogP contribution in [0.3, 0.4) is 0 Å². The van der Waals surface area contributed by atoms with Crippen molar-refractivity contribution in [1.82, 2.24) is 5.32 Å². The van der Waals surface area contributed by atoms with Crippen LogP contribution in [0.25, 0.3) is 6.08 Å². The molecule has 1 unspecified atom stereocenters. The highest BCUT2D eigenvalue weighted by Crippen LogP contribution is 2.40. The molecule has 1 nitrogen and oxygen atoms in total. The Morgan fingerprint density at radius 1 is 1.13 bits per heavy atom. The van der Waals surface area contributed by atoms with E-state index in [2.05, 4.69) is 48.6 Å².